The number of rotatable bonds is 4. The third-order valence-electron chi connectivity index (χ3n) is 4.44. The smallest absolute Gasteiger partial charge is 0.243 e. The third kappa shape index (κ3) is 2.93. The molecule has 0 aliphatic carbocycles. The molecule has 1 atom stereocenters. The van der Waals surface area contributed by atoms with Gasteiger partial charge in [-0.2, -0.15) is 4.31 Å². The summed E-state index contributed by atoms with van der Waals surface area (Å²) in [6.07, 6.45) is 3.61. The molecule has 0 spiro atoms. The Labute approximate surface area is 126 Å². The first kappa shape index (κ1) is 14.8. The molecule has 1 unspecified atom stereocenters. The molecule has 0 bridgehead atoms. The Hall–Kier alpha value is -1.11. The Morgan fingerprint density at radius 3 is 3.05 bits per heavy atom. The van der Waals surface area contributed by atoms with Gasteiger partial charge in [-0.05, 0) is 49.3 Å². The Morgan fingerprint density at radius 2 is 2.24 bits per heavy atom. The highest BCUT2D eigenvalue weighted by molar-refractivity contribution is 7.89. The number of hydrogen-bond donors (Lipinski definition) is 2. The molecule has 3 rings (SSSR count). The Morgan fingerprint density at radius 1 is 1.38 bits per heavy atom. The Bertz CT molecular complexity index is 615. The predicted molar refractivity (Wildman–Crippen MR) is 81.8 cm³/mol. The van der Waals surface area contributed by atoms with Crippen LogP contribution in [0, 0.1) is 5.92 Å². The first-order valence-electron chi connectivity index (χ1n) is 7.59. The van der Waals surface area contributed by atoms with Gasteiger partial charge in [-0.15, -0.1) is 0 Å². The number of aliphatic hydroxyl groups excluding tert-OH is 1. The molecule has 0 amide bonds. The van der Waals surface area contributed by atoms with Crippen molar-refractivity contribution in [2.75, 3.05) is 31.6 Å². The molecule has 2 heterocycles. The van der Waals surface area contributed by atoms with E-state index >= 15 is 0 Å². The van der Waals surface area contributed by atoms with E-state index in [1.54, 1.807) is 16.4 Å². The molecule has 1 fully saturated rings. The van der Waals surface area contributed by atoms with E-state index in [1.807, 2.05) is 6.07 Å². The van der Waals surface area contributed by atoms with Crippen LogP contribution in [0.1, 0.15) is 24.8 Å². The van der Waals surface area contributed by atoms with E-state index in [-0.39, 0.29) is 12.5 Å². The number of benzene rings is 1. The number of aryl methyl sites for hydroxylation is 1. The summed E-state index contributed by atoms with van der Waals surface area (Å²) in [5, 5.41) is 12.3. The number of anilines is 1. The molecular weight excluding hydrogens is 288 g/mol. The quantitative estimate of drug-likeness (QED) is 0.883. The highest BCUT2D eigenvalue weighted by Gasteiger charge is 2.32. The van der Waals surface area contributed by atoms with Gasteiger partial charge < -0.3 is 10.4 Å². The zero-order valence-corrected chi connectivity index (χ0v) is 12.9. The minimum atomic E-state index is -3.41. The largest absolute Gasteiger partial charge is 0.396 e. The molecule has 1 aromatic rings. The monoisotopic (exact) mass is 310 g/mol. The highest BCUT2D eigenvalue weighted by Crippen LogP contribution is 2.30. The molecule has 2 aliphatic heterocycles. The fourth-order valence-corrected chi connectivity index (χ4v) is 4.74. The van der Waals surface area contributed by atoms with Crippen molar-refractivity contribution in [3.8, 4) is 0 Å². The lowest BCUT2D eigenvalue weighted by Crippen LogP contribution is -2.29. The maximum atomic E-state index is 12.7. The summed E-state index contributed by atoms with van der Waals surface area (Å²) >= 11 is 0. The van der Waals surface area contributed by atoms with Crippen LogP contribution in [0.3, 0.4) is 0 Å². The van der Waals surface area contributed by atoms with Crippen LogP contribution < -0.4 is 5.32 Å². The van der Waals surface area contributed by atoms with Crippen LogP contribution in [0.15, 0.2) is 23.1 Å². The predicted octanol–water partition coefficient (Wildman–Crippen LogP) is 1.44. The molecule has 0 aromatic heterocycles. The minimum Gasteiger partial charge on any atom is -0.396 e. The van der Waals surface area contributed by atoms with Gasteiger partial charge in [-0.25, -0.2) is 8.42 Å². The zero-order chi connectivity index (χ0) is 14.9. The third-order valence-corrected chi connectivity index (χ3v) is 6.30. The van der Waals surface area contributed by atoms with Gasteiger partial charge in [0.05, 0.1) is 4.90 Å². The van der Waals surface area contributed by atoms with Crippen LogP contribution >= 0.6 is 0 Å². The zero-order valence-electron chi connectivity index (χ0n) is 12.1. The van der Waals surface area contributed by atoms with E-state index in [0.717, 1.165) is 31.5 Å². The van der Waals surface area contributed by atoms with Crippen molar-refractivity contribution in [2.24, 2.45) is 5.92 Å². The van der Waals surface area contributed by atoms with E-state index in [0.29, 0.717) is 24.4 Å². The van der Waals surface area contributed by atoms with E-state index in [4.69, 9.17) is 5.11 Å². The van der Waals surface area contributed by atoms with E-state index in [1.165, 1.54) is 5.56 Å². The summed E-state index contributed by atoms with van der Waals surface area (Å²) in [5.41, 5.74) is 2.15. The van der Waals surface area contributed by atoms with Gasteiger partial charge >= 0.3 is 0 Å². The van der Waals surface area contributed by atoms with Gasteiger partial charge in [-0.3, -0.25) is 0 Å². The maximum absolute atomic E-state index is 12.7. The van der Waals surface area contributed by atoms with Crippen molar-refractivity contribution in [3.05, 3.63) is 23.8 Å². The van der Waals surface area contributed by atoms with Gasteiger partial charge in [-0.1, -0.05) is 6.07 Å². The van der Waals surface area contributed by atoms with Gasteiger partial charge in [0.1, 0.15) is 0 Å². The number of sulfonamides is 1. The molecule has 0 radical (unpaired) electrons. The molecule has 5 nitrogen and oxygen atoms in total. The second kappa shape index (κ2) is 5.94. The molecule has 21 heavy (non-hydrogen) atoms. The number of nitrogens with zero attached hydrogens (tertiary/aromatic N) is 1. The van der Waals surface area contributed by atoms with Gasteiger partial charge in [0.25, 0.3) is 0 Å². The normalized spacial score (nSPS) is 22.8. The van der Waals surface area contributed by atoms with Crippen LogP contribution in [0.2, 0.25) is 0 Å². The molecule has 1 aromatic carbocycles. The van der Waals surface area contributed by atoms with Gasteiger partial charge in [0.15, 0.2) is 0 Å². The topological polar surface area (TPSA) is 69.6 Å². The van der Waals surface area contributed by atoms with Crippen molar-refractivity contribution in [2.45, 2.75) is 30.6 Å². The van der Waals surface area contributed by atoms with Gasteiger partial charge in [0.2, 0.25) is 10.0 Å². The van der Waals surface area contributed by atoms with E-state index in [9.17, 15) is 8.42 Å². The van der Waals surface area contributed by atoms with Crippen LogP contribution in [0.25, 0.3) is 0 Å². The molecule has 116 valence electrons. The SMILES string of the molecule is O=S(=O)(c1ccc2c(c1)NCCC2)N1CCC(CCO)C1. The Kier molecular flexibility index (Phi) is 4.19. The maximum Gasteiger partial charge on any atom is 0.243 e. The fourth-order valence-electron chi connectivity index (χ4n) is 3.18. The van der Waals surface area contributed by atoms with Crippen LogP contribution in [0.4, 0.5) is 5.69 Å². The van der Waals surface area contributed by atoms with Crippen molar-refractivity contribution < 1.29 is 13.5 Å². The molecular formula is C15H22N2O3S. The summed E-state index contributed by atoms with van der Waals surface area (Å²) in [4.78, 5) is 0.375. The summed E-state index contributed by atoms with van der Waals surface area (Å²) in [7, 11) is -3.41. The van der Waals surface area contributed by atoms with Gasteiger partial charge in [0, 0.05) is 31.9 Å². The Balaban J connectivity index is 1.82. The van der Waals surface area contributed by atoms with Crippen molar-refractivity contribution in [1.82, 2.24) is 4.31 Å². The van der Waals surface area contributed by atoms with Crippen LogP contribution in [0.5, 0.6) is 0 Å². The van der Waals surface area contributed by atoms with Crippen LogP contribution in [-0.2, 0) is 16.4 Å². The van der Waals surface area contributed by atoms with Crippen molar-refractivity contribution >= 4 is 15.7 Å². The van der Waals surface area contributed by atoms with Crippen molar-refractivity contribution in [1.29, 1.82) is 0 Å². The number of nitrogens with one attached hydrogen (secondary N) is 1. The lowest BCUT2D eigenvalue weighted by atomic mass is 10.0. The summed E-state index contributed by atoms with van der Waals surface area (Å²) in [6.45, 7) is 2.10. The average molecular weight is 310 g/mol. The molecule has 6 heteroatoms. The summed E-state index contributed by atoms with van der Waals surface area (Å²) in [6, 6.07) is 5.42. The average Bonchev–Trinajstić information content (AvgIpc) is 2.96. The number of fused-ring (bicyclic) bond motifs is 1. The van der Waals surface area contributed by atoms with E-state index in [2.05, 4.69) is 5.32 Å². The standard InChI is InChI=1S/C15H22N2O3S/c18-9-6-12-5-8-17(11-12)21(19,20)14-4-3-13-2-1-7-16-15(13)10-14/h3-4,10,12,16,18H,1-2,5-9,11H2. The molecule has 0 saturated carbocycles. The molecule has 2 N–H and O–H groups in total. The number of aliphatic hydroxyl groups is 1. The summed E-state index contributed by atoms with van der Waals surface area (Å²) in [5.74, 6) is 0.278. The first-order valence-corrected chi connectivity index (χ1v) is 9.03. The fraction of sp³-hybridized carbons (Fsp3) is 0.600. The van der Waals surface area contributed by atoms with Crippen molar-refractivity contribution in [3.63, 3.8) is 0 Å². The second-order valence-corrected chi connectivity index (χ2v) is 7.82. The van der Waals surface area contributed by atoms with Crippen LogP contribution in [-0.4, -0.2) is 44.1 Å². The molecule has 2 aliphatic rings. The first-order chi connectivity index (χ1) is 10.1. The number of hydrogen-bond acceptors (Lipinski definition) is 4. The lowest BCUT2D eigenvalue weighted by Gasteiger charge is -2.21. The highest BCUT2D eigenvalue weighted by atomic mass is 32.2. The molecule has 1 saturated heterocycles. The minimum absolute atomic E-state index is 0.126. The van der Waals surface area contributed by atoms with E-state index < -0.39 is 10.0 Å². The second-order valence-electron chi connectivity index (χ2n) is 5.88. The lowest BCUT2D eigenvalue weighted by molar-refractivity contribution is 0.259. The summed E-state index contributed by atoms with van der Waals surface area (Å²) < 4.78 is 27.0.